The smallest absolute Gasteiger partial charge is 0.312 e. The Hall–Kier alpha value is -4.00. The molecular formula is C26H27N3O4. The maximum atomic E-state index is 13.6. The highest BCUT2D eigenvalue weighted by Crippen LogP contribution is 2.41. The number of nitrogens with two attached hydrogens (primary N) is 1. The van der Waals surface area contributed by atoms with Crippen molar-refractivity contribution >= 4 is 11.9 Å². The topological polar surface area (TPSA) is 93.9 Å². The normalized spacial score (nSPS) is 14.8. The molecule has 3 aromatic carbocycles. The fraction of sp³-hybridized carbons (Fsp3) is 0.231. The molecule has 0 aliphatic carbocycles. The number of fused-ring (bicyclic) bond motifs is 1. The van der Waals surface area contributed by atoms with Gasteiger partial charge in [0.25, 0.3) is 5.91 Å². The number of amides is 3. The Morgan fingerprint density at radius 2 is 1.67 bits per heavy atom. The number of nitrogens with one attached hydrogen (secondary N) is 1. The van der Waals surface area contributed by atoms with Gasteiger partial charge in [0.2, 0.25) is 0 Å². The SMILES string of the molecule is COc1cc2c(cc1OC)C(c1ccccc1)N(C(=O)c1ccc(CNC(N)=O)cc1)CC2. The number of methoxy groups -OCH3 is 2. The van der Waals surface area contributed by atoms with E-state index in [1.165, 1.54) is 0 Å². The maximum Gasteiger partial charge on any atom is 0.312 e. The second-order valence-corrected chi connectivity index (χ2v) is 7.88. The van der Waals surface area contributed by atoms with Crippen molar-refractivity contribution < 1.29 is 19.1 Å². The maximum absolute atomic E-state index is 13.6. The van der Waals surface area contributed by atoms with E-state index in [2.05, 4.69) is 5.32 Å². The molecule has 33 heavy (non-hydrogen) atoms. The molecule has 0 fully saturated rings. The Labute approximate surface area is 193 Å². The van der Waals surface area contributed by atoms with Crippen molar-refractivity contribution in [1.82, 2.24) is 10.2 Å². The molecule has 3 aromatic rings. The van der Waals surface area contributed by atoms with Gasteiger partial charge in [-0.05, 0) is 52.9 Å². The zero-order chi connectivity index (χ0) is 23.4. The summed E-state index contributed by atoms with van der Waals surface area (Å²) >= 11 is 0. The lowest BCUT2D eigenvalue weighted by molar-refractivity contribution is 0.0694. The Kier molecular flexibility index (Phi) is 6.49. The summed E-state index contributed by atoms with van der Waals surface area (Å²) in [6, 6.07) is 20.4. The molecular weight excluding hydrogens is 418 g/mol. The number of urea groups is 1. The number of hydrogen-bond donors (Lipinski definition) is 2. The first-order valence-electron chi connectivity index (χ1n) is 10.7. The van der Waals surface area contributed by atoms with E-state index in [0.717, 1.165) is 22.3 Å². The molecule has 1 atom stereocenters. The largest absolute Gasteiger partial charge is 0.493 e. The Morgan fingerprint density at radius 3 is 2.30 bits per heavy atom. The van der Waals surface area contributed by atoms with Crippen molar-refractivity contribution in [3.05, 3.63) is 94.5 Å². The Bertz CT molecular complexity index is 1150. The molecule has 1 unspecified atom stereocenters. The van der Waals surface area contributed by atoms with Crippen LogP contribution in [-0.4, -0.2) is 37.6 Å². The van der Waals surface area contributed by atoms with Crippen molar-refractivity contribution in [2.24, 2.45) is 5.73 Å². The molecule has 0 aromatic heterocycles. The Balaban J connectivity index is 1.70. The van der Waals surface area contributed by atoms with Gasteiger partial charge in [0.15, 0.2) is 11.5 Å². The minimum Gasteiger partial charge on any atom is -0.493 e. The predicted octanol–water partition coefficient (Wildman–Crippen LogP) is 3.66. The molecule has 3 amide bonds. The second-order valence-electron chi connectivity index (χ2n) is 7.88. The van der Waals surface area contributed by atoms with Crippen molar-refractivity contribution in [3.63, 3.8) is 0 Å². The number of carbonyl (C=O) groups is 2. The van der Waals surface area contributed by atoms with Gasteiger partial charge in [-0.1, -0.05) is 42.5 Å². The van der Waals surface area contributed by atoms with Gasteiger partial charge in [0, 0.05) is 18.7 Å². The van der Waals surface area contributed by atoms with E-state index < -0.39 is 6.03 Å². The van der Waals surface area contributed by atoms with E-state index in [0.29, 0.717) is 36.6 Å². The number of rotatable bonds is 6. The van der Waals surface area contributed by atoms with E-state index in [9.17, 15) is 9.59 Å². The summed E-state index contributed by atoms with van der Waals surface area (Å²) in [7, 11) is 3.24. The number of ether oxygens (including phenoxy) is 2. The lowest BCUT2D eigenvalue weighted by Gasteiger charge is -2.38. The fourth-order valence-corrected chi connectivity index (χ4v) is 4.28. The van der Waals surface area contributed by atoms with Crippen LogP contribution in [0.3, 0.4) is 0 Å². The van der Waals surface area contributed by atoms with Crippen LogP contribution in [0.25, 0.3) is 0 Å². The van der Waals surface area contributed by atoms with Crippen LogP contribution < -0.4 is 20.5 Å². The molecule has 4 rings (SSSR count). The van der Waals surface area contributed by atoms with E-state index in [-0.39, 0.29) is 11.9 Å². The molecule has 3 N–H and O–H groups in total. The molecule has 1 aliphatic heterocycles. The van der Waals surface area contributed by atoms with Gasteiger partial charge in [-0.15, -0.1) is 0 Å². The summed E-state index contributed by atoms with van der Waals surface area (Å²) in [5.74, 6) is 1.26. The lowest BCUT2D eigenvalue weighted by atomic mass is 9.87. The summed E-state index contributed by atoms with van der Waals surface area (Å²) in [5, 5.41) is 2.55. The first-order valence-corrected chi connectivity index (χ1v) is 10.7. The average molecular weight is 446 g/mol. The van der Waals surface area contributed by atoms with Crippen LogP contribution in [0.1, 0.15) is 38.7 Å². The molecule has 0 radical (unpaired) electrons. The van der Waals surface area contributed by atoms with Gasteiger partial charge in [-0.3, -0.25) is 4.79 Å². The highest BCUT2D eigenvalue weighted by atomic mass is 16.5. The van der Waals surface area contributed by atoms with Crippen LogP contribution in [0, 0.1) is 0 Å². The lowest BCUT2D eigenvalue weighted by Crippen LogP contribution is -2.40. The van der Waals surface area contributed by atoms with Crippen LogP contribution in [0.2, 0.25) is 0 Å². The van der Waals surface area contributed by atoms with E-state index in [1.54, 1.807) is 26.4 Å². The average Bonchev–Trinajstić information content (AvgIpc) is 2.86. The minimum absolute atomic E-state index is 0.0568. The zero-order valence-corrected chi connectivity index (χ0v) is 18.7. The number of nitrogens with zero attached hydrogens (tertiary/aromatic N) is 1. The first kappa shape index (κ1) is 22.2. The third kappa shape index (κ3) is 4.62. The third-order valence-electron chi connectivity index (χ3n) is 5.92. The second kappa shape index (κ2) is 9.65. The van der Waals surface area contributed by atoms with Crippen LogP contribution in [0.5, 0.6) is 11.5 Å². The quantitative estimate of drug-likeness (QED) is 0.606. The van der Waals surface area contributed by atoms with Crippen molar-refractivity contribution in [3.8, 4) is 11.5 Å². The molecule has 0 saturated heterocycles. The van der Waals surface area contributed by atoms with E-state index in [4.69, 9.17) is 15.2 Å². The Morgan fingerprint density at radius 1 is 1.00 bits per heavy atom. The number of benzene rings is 3. The molecule has 170 valence electrons. The third-order valence-corrected chi connectivity index (χ3v) is 5.92. The fourth-order valence-electron chi connectivity index (χ4n) is 4.28. The number of primary amides is 1. The minimum atomic E-state index is -0.583. The van der Waals surface area contributed by atoms with Crippen molar-refractivity contribution in [1.29, 1.82) is 0 Å². The highest BCUT2D eigenvalue weighted by Gasteiger charge is 2.33. The summed E-state index contributed by atoms with van der Waals surface area (Å²) < 4.78 is 11.0. The van der Waals surface area contributed by atoms with Crippen molar-refractivity contribution in [2.45, 2.75) is 19.0 Å². The van der Waals surface area contributed by atoms with Gasteiger partial charge >= 0.3 is 6.03 Å². The van der Waals surface area contributed by atoms with Gasteiger partial charge in [-0.25, -0.2) is 4.79 Å². The van der Waals surface area contributed by atoms with Gasteiger partial charge < -0.3 is 25.4 Å². The summed E-state index contributed by atoms with van der Waals surface area (Å²) in [6.07, 6.45) is 0.714. The first-order chi connectivity index (χ1) is 16.0. The molecule has 0 bridgehead atoms. The summed E-state index contributed by atoms with van der Waals surface area (Å²) in [4.78, 5) is 26.5. The van der Waals surface area contributed by atoms with Gasteiger partial charge in [0.05, 0.1) is 20.3 Å². The van der Waals surface area contributed by atoms with Crippen LogP contribution in [0.4, 0.5) is 4.79 Å². The summed E-state index contributed by atoms with van der Waals surface area (Å²) in [5.41, 5.74) is 9.78. The van der Waals surface area contributed by atoms with Gasteiger partial charge in [0.1, 0.15) is 0 Å². The molecule has 1 aliphatic rings. The van der Waals surface area contributed by atoms with Crippen molar-refractivity contribution in [2.75, 3.05) is 20.8 Å². The number of hydrogen-bond acceptors (Lipinski definition) is 4. The van der Waals surface area contributed by atoms with Crippen LogP contribution in [0.15, 0.2) is 66.7 Å². The molecule has 7 heteroatoms. The predicted molar refractivity (Wildman–Crippen MR) is 125 cm³/mol. The van der Waals surface area contributed by atoms with E-state index >= 15 is 0 Å². The molecule has 0 spiro atoms. The van der Waals surface area contributed by atoms with Gasteiger partial charge in [-0.2, -0.15) is 0 Å². The van der Waals surface area contributed by atoms with Crippen LogP contribution >= 0.6 is 0 Å². The molecule has 1 heterocycles. The highest BCUT2D eigenvalue weighted by molar-refractivity contribution is 5.95. The molecule has 0 saturated carbocycles. The zero-order valence-electron chi connectivity index (χ0n) is 18.7. The molecule has 7 nitrogen and oxygen atoms in total. The monoisotopic (exact) mass is 445 g/mol. The standard InChI is InChI=1S/C26H27N3O4/c1-32-22-14-20-12-13-29(25(30)19-10-8-17(9-11-19)16-28-26(27)31)24(18-6-4-3-5-7-18)21(20)15-23(22)33-2/h3-11,14-15,24H,12-13,16H2,1-2H3,(H3,27,28,31). The summed E-state index contributed by atoms with van der Waals surface area (Å²) in [6.45, 7) is 0.890. The number of carbonyl (C=O) groups excluding carboxylic acids is 2. The van der Waals surface area contributed by atoms with Crippen LogP contribution in [-0.2, 0) is 13.0 Å². The van der Waals surface area contributed by atoms with E-state index in [1.807, 2.05) is 59.5 Å².